The lowest BCUT2D eigenvalue weighted by molar-refractivity contribution is 0.0596. The van der Waals surface area contributed by atoms with Crippen molar-refractivity contribution in [3.05, 3.63) is 28.8 Å². The Morgan fingerprint density at radius 2 is 2.15 bits per heavy atom. The molecule has 0 spiro atoms. The Hall–Kier alpha value is -1.15. The summed E-state index contributed by atoms with van der Waals surface area (Å²) in [5.74, 6) is -0.764. The first-order valence-electron chi connectivity index (χ1n) is 5.91. The number of sulfonamides is 1. The fraction of sp³-hybridized carbons (Fsp3) is 0.417. The molecule has 112 valence electrons. The van der Waals surface area contributed by atoms with Gasteiger partial charge in [0.15, 0.2) is 0 Å². The van der Waals surface area contributed by atoms with E-state index in [9.17, 15) is 13.2 Å². The van der Waals surface area contributed by atoms with Crippen molar-refractivity contribution in [1.82, 2.24) is 4.72 Å². The van der Waals surface area contributed by atoms with E-state index in [1.807, 2.05) is 0 Å². The van der Waals surface area contributed by atoms with Crippen LogP contribution in [0.5, 0.6) is 0 Å². The van der Waals surface area contributed by atoms with Gasteiger partial charge in [-0.2, -0.15) is 0 Å². The van der Waals surface area contributed by atoms with Crippen molar-refractivity contribution in [2.45, 2.75) is 24.3 Å². The molecular formula is C12H17ClN2O4S. The van der Waals surface area contributed by atoms with E-state index in [2.05, 4.69) is 9.46 Å². The molecule has 8 heteroatoms. The zero-order chi connectivity index (χ0) is 15.3. The average Bonchev–Trinajstić information content (AvgIpc) is 2.36. The molecular weight excluding hydrogens is 304 g/mol. The highest BCUT2D eigenvalue weighted by Gasteiger charge is 2.23. The predicted molar refractivity (Wildman–Crippen MR) is 76.2 cm³/mol. The summed E-state index contributed by atoms with van der Waals surface area (Å²) in [6.07, 6.45) is 0.486. The lowest BCUT2D eigenvalue weighted by atomic mass is 10.2. The van der Waals surface area contributed by atoms with Crippen LogP contribution >= 0.6 is 11.6 Å². The molecule has 0 aromatic heterocycles. The number of carbonyl (C=O) groups excluding carboxylic acids is 1. The summed E-state index contributed by atoms with van der Waals surface area (Å²) in [5.41, 5.74) is 5.45. The minimum atomic E-state index is -3.82. The maximum absolute atomic E-state index is 12.2. The molecule has 0 aliphatic carbocycles. The number of halogens is 1. The molecule has 20 heavy (non-hydrogen) atoms. The summed E-state index contributed by atoms with van der Waals surface area (Å²) in [6, 6.07) is 3.80. The monoisotopic (exact) mass is 320 g/mol. The SMILES string of the molecule is COC(=O)c1cc(Cl)ccc1S(=O)(=O)NCCC(C)N. The van der Waals surface area contributed by atoms with Gasteiger partial charge in [0, 0.05) is 17.6 Å². The minimum absolute atomic E-state index is 0.103. The number of nitrogens with two attached hydrogens (primary N) is 1. The third-order valence-corrected chi connectivity index (χ3v) is 4.28. The third-order valence-electron chi connectivity index (χ3n) is 2.53. The summed E-state index contributed by atoms with van der Waals surface area (Å²) < 4.78 is 31.3. The van der Waals surface area contributed by atoms with E-state index in [0.717, 1.165) is 0 Å². The van der Waals surface area contributed by atoms with Crippen LogP contribution in [0.1, 0.15) is 23.7 Å². The molecule has 0 aliphatic heterocycles. The topological polar surface area (TPSA) is 98.5 Å². The van der Waals surface area contributed by atoms with Crippen molar-refractivity contribution in [2.24, 2.45) is 5.73 Å². The number of carbonyl (C=O) groups is 1. The number of hydrogen-bond acceptors (Lipinski definition) is 5. The van der Waals surface area contributed by atoms with E-state index in [-0.39, 0.29) is 28.1 Å². The Labute approximate surface area is 123 Å². The first-order valence-corrected chi connectivity index (χ1v) is 7.77. The van der Waals surface area contributed by atoms with Gasteiger partial charge in [0.2, 0.25) is 10.0 Å². The number of nitrogens with one attached hydrogen (secondary N) is 1. The van der Waals surface area contributed by atoms with Crippen LogP contribution in [0.4, 0.5) is 0 Å². The molecule has 1 unspecified atom stereocenters. The van der Waals surface area contributed by atoms with E-state index < -0.39 is 16.0 Å². The molecule has 0 amide bonds. The van der Waals surface area contributed by atoms with E-state index in [1.165, 1.54) is 25.3 Å². The van der Waals surface area contributed by atoms with Gasteiger partial charge in [-0.15, -0.1) is 0 Å². The number of benzene rings is 1. The van der Waals surface area contributed by atoms with Gasteiger partial charge in [0.1, 0.15) is 0 Å². The highest BCUT2D eigenvalue weighted by molar-refractivity contribution is 7.89. The molecule has 0 heterocycles. The Balaban J connectivity index is 3.08. The van der Waals surface area contributed by atoms with Crippen molar-refractivity contribution >= 4 is 27.6 Å². The molecule has 0 fully saturated rings. The van der Waals surface area contributed by atoms with Crippen LogP contribution in [0.15, 0.2) is 23.1 Å². The maximum atomic E-state index is 12.2. The number of ether oxygens (including phenoxy) is 1. The molecule has 6 nitrogen and oxygen atoms in total. The molecule has 1 rings (SSSR count). The normalized spacial score (nSPS) is 13.0. The Morgan fingerprint density at radius 1 is 1.50 bits per heavy atom. The molecule has 0 saturated heterocycles. The smallest absolute Gasteiger partial charge is 0.339 e. The Morgan fingerprint density at radius 3 is 2.70 bits per heavy atom. The summed E-state index contributed by atoms with van der Waals surface area (Å²) in [5, 5.41) is 0.250. The second-order valence-electron chi connectivity index (χ2n) is 4.30. The van der Waals surface area contributed by atoms with Crippen LogP contribution in [0, 0.1) is 0 Å². The van der Waals surface area contributed by atoms with Gasteiger partial charge >= 0.3 is 5.97 Å². The van der Waals surface area contributed by atoms with Gasteiger partial charge in [-0.05, 0) is 31.5 Å². The van der Waals surface area contributed by atoms with Crippen molar-refractivity contribution < 1.29 is 17.9 Å². The van der Waals surface area contributed by atoms with Crippen LogP contribution in [0.2, 0.25) is 5.02 Å². The minimum Gasteiger partial charge on any atom is -0.465 e. The number of rotatable bonds is 6. The molecule has 1 atom stereocenters. The summed E-state index contributed by atoms with van der Waals surface area (Å²) in [4.78, 5) is 11.5. The zero-order valence-electron chi connectivity index (χ0n) is 11.2. The number of esters is 1. The lowest BCUT2D eigenvalue weighted by Gasteiger charge is -2.11. The van der Waals surface area contributed by atoms with Crippen LogP contribution in [0.25, 0.3) is 0 Å². The highest BCUT2D eigenvalue weighted by atomic mass is 35.5. The summed E-state index contributed by atoms with van der Waals surface area (Å²) >= 11 is 5.77. The molecule has 0 saturated carbocycles. The van der Waals surface area contributed by atoms with Gasteiger partial charge in [-0.25, -0.2) is 17.9 Å². The predicted octanol–water partition coefficient (Wildman–Crippen LogP) is 1.14. The van der Waals surface area contributed by atoms with Crippen LogP contribution in [0.3, 0.4) is 0 Å². The van der Waals surface area contributed by atoms with Gasteiger partial charge in [-0.3, -0.25) is 0 Å². The first kappa shape index (κ1) is 16.9. The van der Waals surface area contributed by atoms with Gasteiger partial charge in [-0.1, -0.05) is 11.6 Å². The number of methoxy groups -OCH3 is 1. The standard InChI is InChI=1S/C12H17ClN2O4S/c1-8(14)5-6-15-20(17,18)11-4-3-9(13)7-10(11)12(16)19-2/h3-4,7-8,15H,5-6,14H2,1-2H3. The first-order chi connectivity index (χ1) is 9.27. The van der Waals surface area contributed by atoms with Crippen molar-refractivity contribution in [3.8, 4) is 0 Å². The Kier molecular flexibility index (Phi) is 5.94. The molecule has 3 N–H and O–H groups in total. The van der Waals surface area contributed by atoms with Gasteiger partial charge in [0.25, 0.3) is 0 Å². The van der Waals surface area contributed by atoms with Crippen LogP contribution in [-0.4, -0.2) is 34.1 Å². The van der Waals surface area contributed by atoms with E-state index in [4.69, 9.17) is 17.3 Å². The molecule has 0 bridgehead atoms. The van der Waals surface area contributed by atoms with Gasteiger partial charge in [0.05, 0.1) is 17.6 Å². The fourth-order valence-electron chi connectivity index (χ4n) is 1.50. The molecule has 1 aromatic rings. The van der Waals surface area contributed by atoms with E-state index in [1.54, 1.807) is 6.92 Å². The largest absolute Gasteiger partial charge is 0.465 e. The fourth-order valence-corrected chi connectivity index (χ4v) is 2.90. The molecule has 1 aromatic carbocycles. The lowest BCUT2D eigenvalue weighted by Crippen LogP contribution is -2.30. The summed E-state index contributed by atoms with van der Waals surface area (Å²) in [7, 11) is -2.65. The number of hydrogen-bond donors (Lipinski definition) is 2. The highest BCUT2D eigenvalue weighted by Crippen LogP contribution is 2.21. The third kappa shape index (κ3) is 4.45. The zero-order valence-corrected chi connectivity index (χ0v) is 12.8. The quantitative estimate of drug-likeness (QED) is 0.766. The molecule has 0 radical (unpaired) electrons. The second-order valence-corrected chi connectivity index (χ2v) is 6.47. The van der Waals surface area contributed by atoms with Crippen molar-refractivity contribution in [3.63, 3.8) is 0 Å². The molecule has 0 aliphatic rings. The van der Waals surface area contributed by atoms with Crippen molar-refractivity contribution in [1.29, 1.82) is 0 Å². The summed E-state index contributed by atoms with van der Waals surface area (Å²) in [6.45, 7) is 1.96. The maximum Gasteiger partial charge on any atom is 0.339 e. The average molecular weight is 321 g/mol. The Bertz CT molecular complexity index is 587. The second kappa shape index (κ2) is 7.03. The van der Waals surface area contributed by atoms with Crippen LogP contribution < -0.4 is 10.5 Å². The van der Waals surface area contributed by atoms with Gasteiger partial charge < -0.3 is 10.5 Å². The van der Waals surface area contributed by atoms with E-state index >= 15 is 0 Å². The van der Waals surface area contributed by atoms with E-state index in [0.29, 0.717) is 6.42 Å². The van der Waals surface area contributed by atoms with Crippen molar-refractivity contribution in [2.75, 3.05) is 13.7 Å². The van der Waals surface area contributed by atoms with Crippen LogP contribution in [-0.2, 0) is 14.8 Å².